The van der Waals surface area contributed by atoms with E-state index in [1.54, 1.807) is 0 Å². The highest BCUT2D eigenvalue weighted by Gasteiger charge is 2.30. The van der Waals surface area contributed by atoms with Gasteiger partial charge in [-0.15, -0.1) is 0 Å². The Labute approximate surface area is 112 Å². The lowest BCUT2D eigenvalue weighted by molar-refractivity contribution is -0.149. The monoisotopic (exact) mass is 262 g/mol. The van der Waals surface area contributed by atoms with Gasteiger partial charge in [0, 0.05) is 0 Å². The third-order valence-corrected chi connectivity index (χ3v) is 3.89. The smallest absolute Gasteiger partial charge is 0.332 e. The highest BCUT2D eigenvalue weighted by Crippen LogP contribution is 2.27. The summed E-state index contributed by atoms with van der Waals surface area (Å²) in [5.74, 6) is -0.0111. The summed E-state index contributed by atoms with van der Waals surface area (Å²) in [5, 5.41) is 8.86. The molecule has 1 aliphatic carbocycles. The molecule has 0 spiro atoms. The molecule has 102 valence electrons. The van der Waals surface area contributed by atoms with Crippen molar-refractivity contribution in [2.24, 2.45) is 0 Å². The standard InChI is InChI=1S/C15H18O4/c16-15(17)14-7-6-13(19-14)9-18-12-5-4-10-2-1-3-11(10)8-12/h4-5,8,13-14H,1-3,6-7,9H2,(H,16,17). The number of carboxylic acids is 1. The van der Waals surface area contributed by atoms with Gasteiger partial charge in [-0.05, 0) is 55.4 Å². The van der Waals surface area contributed by atoms with E-state index in [0.29, 0.717) is 13.0 Å². The van der Waals surface area contributed by atoms with Crippen LogP contribution in [-0.4, -0.2) is 29.9 Å². The zero-order valence-corrected chi connectivity index (χ0v) is 10.8. The zero-order chi connectivity index (χ0) is 13.2. The van der Waals surface area contributed by atoms with Crippen molar-refractivity contribution in [3.05, 3.63) is 29.3 Å². The number of aliphatic carboxylic acids is 1. The summed E-state index contributed by atoms with van der Waals surface area (Å²) in [6.45, 7) is 0.433. The van der Waals surface area contributed by atoms with Crippen molar-refractivity contribution in [2.45, 2.75) is 44.3 Å². The molecule has 1 aliphatic heterocycles. The number of carboxylic acid groups (broad SMARTS) is 1. The van der Waals surface area contributed by atoms with Crippen LogP contribution in [0.4, 0.5) is 0 Å². The molecule has 0 aromatic heterocycles. The SMILES string of the molecule is O=C(O)C1CCC(COc2ccc3c(c2)CCC3)O1. The van der Waals surface area contributed by atoms with Gasteiger partial charge in [0.05, 0.1) is 6.10 Å². The van der Waals surface area contributed by atoms with E-state index >= 15 is 0 Å². The number of carbonyl (C=O) groups is 1. The van der Waals surface area contributed by atoms with Crippen LogP contribution in [0.2, 0.25) is 0 Å². The number of rotatable bonds is 4. The first kappa shape index (κ1) is 12.5. The maximum atomic E-state index is 10.8. The molecule has 2 unspecified atom stereocenters. The van der Waals surface area contributed by atoms with E-state index in [0.717, 1.165) is 18.6 Å². The first-order chi connectivity index (χ1) is 9.22. The Morgan fingerprint density at radius 3 is 2.95 bits per heavy atom. The minimum absolute atomic E-state index is 0.102. The van der Waals surface area contributed by atoms with Crippen molar-refractivity contribution in [1.29, 1.82) is 0 Å². The van der Waals surface area contributed by atoms with Crippen LogP contribution in [0.25, 0.3) is 0 Å². The lowest BCUT2D eigenvalue weighted by Gasteiger charge is -2.13. The van der Waals surface area contributed by atoms with E-state index in [9.17, 15) is 4.79 Å². The fourth-order valence-electron chi connectivity index (χ4n) is 2.84. The van der Waals surface area contributed by atoms with E-state index < -0.39 is 12.1 Å². The Balaban J connectivity index is 1.54. The Morgan fingerprint density at radius 1 is 1.32 bits per heavy atom. The van der Waals surface area contributed by atoms with E-state index in [4.69, 9.17) is 14.6 Å². The van der Waals surface area contributed by atoms with Gasteiger partial charge in [0.25, 0.3) is 0 Å². The molecule has 1 aromatic rings. The second-order valence-electron chi connectivity index (χ2n) is 5.26. The number of fused-ring (bicyclic) bond motifs is 1. The summed E-state index contributed by atoms with van der Waals surface area (Å²) in [5.41, 5.74) is 2.81. The Bertz CT molecular complexity index is 483. The molecular formula is C15H18O4. The summed E-state index contributed by atoms with van der Waals surface area (Å²) in [4.78, 5) is 10.8. The fourth-order valence-corrected chi connectivity index (χ4v) is 2.84. The van der Waals surface area contributed by atoms with Gasteiger partial charge in [0.2, 0.25) is 0 Å². The average molecular weight is 262 g/mol. The average Bonchev–Trinajstić information content (AvgIpc) is 3.04. The molecule has 0 saturated carbocycles. The van der Waals surface area contributed by atoms with Crippen LogP contribution < -0.4 is 4.74 Å². The van der Waals surface area contributed by atoms with Crippen LogP contribution in [0.5, 0.6) is 5.75 Å². The minimum Gasteiger partial charge on any atom is -0.491 e. The van der Waals surface area contributed by atoms with Gasteiger partial charge in [-0.1, -0.05) is 6.07 Å². The third-order valence-electron chi connectivity index (χ3n) is 3.89. The number of aryl methyl sites for hydroxylation is 2. The van der Waals surface area contributed by atoms with Gasteiger partial charge < -0.3 is 14.6 Å². The van der Waals surface area contributed by atoms with Crippen molar-refractivity contribution in [2.75, 3.05) is 6.61 Å². The van der Waals surface area contributed by atoms with Gasteiger partial charge in [0.15, 0.2) is 6.10 Å². The van der Waals surface area contributed by atoms with Gasteiger partial charge in [-0.3, -0.25) is 0 Å². The molecule has 3 rings (SSSR count). The van der Waals surface area contributed by atoms with Gasteiger partial charge in [-0.2, -0.15) is 0 Å². The molecule has 0 bridgehead atoms. The lowest BCUT2D eigenvalue weighted by atomic mass is 10.1. The molecule has 1 N–H and O–H groups in total. The minimum atomic E-state index is -0.875. The van der Waals surface area contributed by atoms with Crippen molar-refractivity contribution in [1.82, 2.24) is 0 Å². The molecule has 2 atom stereocenters. The van der Waals surface area contributed by atoms with Crippen molar-refractivity contribution in [3.63, 3.8) is 0 Å². The fraction of sp³-hybridized carbons (Fsp3) is 0.533. The summed E-state index contributed by atoms with van der Waals surface area (Å²) in [7, 11) is 0. The molecule has 1 saturated heterocycles. The largest absolute Gasteiger partial charge is 0.491 e. The number of benzene rings is 1. The van der Waals surface area contributed by atoms with Crippen molar-refractivity contribution >= 4 is 5.97 Å². The maximum Gasteiger partial charge on any atom is 0.332 e. The van der Waals surface area contributed by atoms with Crippen LogP contribution in [0.15, 0.2) is 18.2 Å². The summed E-state index contributed by atoms with van der Waals surface area (Å²) in [6, 6.07) is 6.23. The van der Waals surface area contributed by atoms with Gasteiger partial charge >= 0.3 is 5.97 Å². The maximum absolute atomic E-state index is 10.8. The number of hydrogen-bond acceptors (Lipinski definition) is 3. The highest BCUT2D eigenvalue weighted by molar-refractivity contribution is 5.72. The first-order valence-electron chi connectivity index (χ1n) is 6.85. The third kappa shape index (κ3) is 2.73. The predicted molar refractivity (Wildman–Crippen MR) is 69.5 cm³/mol. The quantitative estimate of drug-likeness (QED) is 0.903. The van der Waals surface area contributed by atoms with E-state index in [1.807, 2.05) is 6.07 Å². The summed E-state index contributed by atoms with van der Waals surface area (Å²) >= 11 is 0. The Morgan fingerprint density at radius 2 is 2.16 bits per heavy atom. The molecule has 19 heavy (non-hydrogen) atoms. The molecule has 4 heteroatoms. The molecule has 4 nitrogen and oxygen atoms in total. The van der Waals surface area contributed by atoms with Crippen LogP contribution in [0.1, 0.15) is 30.4 Å². The highest BCUT2D eigenvalue weighted by atomic mass is 16.6. The van der Waals surface area contributed by atoms with Crippen LogP contribution >= 0.6 is 0 Å². The number of hydrogen-bond donors (Lipinski definition) is 1. The summed E-state index contributed by atoms with van der Waals surface area (Å²) in [6.07, 6.45) is 4.10. The predicted octanol–water partition coefficient (Wildman–Crippen LogP) is 2.19. The molecule has 1 fully saturated rings. The molecule has 0 amide bonds. The topological polar surface area (TPSA) is 55.8 Å². The van der Waals surface area contributed by atoms with E-state index in [1.165, 1.54) is 24.0 Å². The van der Waals surface area contributed by atoms with Gasteiger partial charge in [0.1, 0.15) is 12.4 Å². The molecule has 1 aromatic carbocycles. The second-order valence-corrected chi connectivity index (χ2v) is 5.26. The van der Waals surface area contributed by atoms with Gasteiger partial charge in [-0.25, -0.2) is 4.79 Å². The number of ether oxygens (including phenoxy) is 2. The lowest BCUT2D eigenvalue weighted by Crippen LogP contribution is -2.23. The first-order valence-corrected chi connectivity index (χ1v) is 6.85. The van der Waals surface area contributed by atoms with E-state index in [-0.39, 0.29) is 6.10 Å². The molecular weight excluding hydrogens is 244 g/mol. The molecule has 2 aliphatic rings. The second kappa shape index (κ2) is 5.21. The van der Waals surface area contributed by atoms with Crippen LogP contribution in [-0.2, 0) is 22.4 Å². The van der Waals surface area contributed by atoms with E-state index in [2.05, 4.69) is 12.1 Å². The Hall–Kier alpha value is -1.55. The summed E-state index contributed by atoms with van der Waals surface area (Å²) < 4.78 is 11.1. The van der Waals surface area contributed by atoms with Crippen molar-refractivity contribution in [3.8, 4) is 5.75 Å². The normalized spacial score (nSPS) is 25.3. The van der Waals surface area contributed by atoms with Crippen LogP contribution in [0, 0.1) is 0 Å². The van der Waals surface area contributed by atoms with Crippen molar-refractivity contribution < 1.29 is 19.4 Å². The van der Waals surface area contributed by atoms with Crippen LogP contribution in [0.3, 0.4) is 0 Å². The zero-order valence-electron chi connectivity index (χ0n) is 10.8. The molecule has 1 heterocycles. The molecule has 0 radical (unpaired) electrons. The Kier molecular flexibility index (Phi) is 3.42.